The molecule has 2 aromatic rings. The van der Waals surface area contributed by atoms with E-state index in [0.717, 1.165) is 0 Å². The van der Waals surface area contributed by atoms with Crippen LogP contribution in [0.5, 0.6) is 0 Å². The van der Waals surface area contributed by atoms with E-state index in [9.17, 15) is 4.79 Å². The highest BCUT2D eigenvalue weighted by Gasteiger charge is 2.05. The number of aromatic carboxylic acids is 1. The molecule has 0 aromatic heterocycles. The number of carbonyl (C=O) groups is 1. The first-order valence-electron chi connectivity index (χ1n) is 5.40. The summed E-state index contributed by atoms with van der Waals surface area (Å²) in [6.45, 7) is 0. The predicted molar refractivity (Wildman–Crippen MR) is 72.9 cm³/mol. The summed E-state index contributed by atoms with van der Waals surface area (Å²) in [7, 11) is 0. The zero-order valence-corrected chi connectivity index (χ0v) is 10.5. The molecule has 0 fully saturated rings. The minimum absolute atomic E-state index is 0.206. The van der Waals surface area contributed by atoms with E-state index < -0.39 is 5.97 Å². The molecule has 0 unspecified atom stereocenters. The molecule has 0 aliphatic heterocycles. The number of rotatable bonds is 3. The maximum Gasteiger partial charge on any atom is 0.335 e. The van der Waals surface area contributed by atoms with E-state index in [1.54, 1.807) is 30.3 Å². The summed E-state index contributed by atoms with van der Waals surface area (Å²) < 4.78 is 0. The molecule has 0 amide bonds. The maximum absolute atomic E-state index is 10.7. The van der Waals surface area contributed by atoms with E-state index >= 15 is 0 Å². The van der Waals surface area contributed by atoms with Crippen molar-refractivity contribution in [3.05, 3.63) is 58.6 Å². The van der Waals surface area contributed by atoms with Crippen LogP contribution in [0.2, 0.25) is 5.02 Å². The Hall–Kier alpha value is -2.51. The lowest BCUT2D eigenvalue weighted by molar-refractivity contribution is 0.0697. The molecule has 0 saturated carbocycles. The lowest BCUT2D eigenvalue weighted by Crippen LogP contribution is -1.97. The molecule has 0 radical (unpaired) electrons. The second kappa shape index (κ2) is 5.42. The highest BCUT2D eigenvalue weighted by atomic mass is 35.5. The number of nitrogens with zero attached hydrogens (tertiary/aromatic N) is 1. The van der Waals surface area contributed by atoms with Crippen molar-refractivity contribution in [2.24, 2.45) is 0 Å². The zero-order chi connectivity index (χ0) is 13.8. The molecule has 5 heteroatoms. The monoisotopic (exact) mass is 272 g/mol. The van der Waals surface area contributed by atoms with Gasteiger partial charge >= 0.3 is 5.97 Å². The number of carboxylic acid groups (broad SMARTS) is 1. The second-order valence-electron chi connectivity index (χ2n) is 3.81. The fourth-order valence-corrected chi connectivity index (χ4v) is 1.74. The number of benzene rings is 2. The molecule has 0 saturated heterocycles. The Labute approximate surface area is 114 Å². The van der Waals surface area contributed by atoms with Gasteiger partial charge in [0.25, 0.3) is 0 Å². The van der Waals surface area contributed by atoms with Crippen molar-refractivity contribution < 1.29 is 9.90 Å². The van der Waals surface area contributed by atoms with Crippen LogP contribution in [0.3, 0.4) is 0 Å². The van der Waals surface area contributed by atoms with Crippen LogP contribution in [-0.4, -0.2) is 11.1 Å². The van der Waals surface area contributed by atoms with Crippen LogP contribution < -0.4 is 5.32 Å². The van der Waals surface area contributed by atoms with E-state index in [1.165, 1.54) is 12.1 Å². The number of nitrogens with one attached hydrogen (secondary N) is 1. The van der Waals surface area contributed by atoms with Crippen LogP contribution in [0.1, 0.15) is 15.9 Å². The molecular formula is C14H9ClN2O2. The summed E-state index contributed by atoms with van der Waals surface area (Å²) in [4.78, 5) is 10.7. The van der Waals surface area contributed by atoms with Crippen LogP contribution >= 0.6 is 11.6 Å². The number of hydrogen-bond acceptors (Lipinski definition) is 3. The van der Waals surface area contributed by atoms with E-state index in [0.29, 0.717) is 22.0 Å². The first kappa shape index (κ1) is 12.9. The number of nitriles is 1. The predicted octanol–water partition coefficient (Wildman–Crippen LogP) is 3.65. The Kier molecular flexibility index (Phi) is 3.69. The molecular weight excluding hydrogens is 264 g/mol. The minimum Gasteiger partial charge on any atom is -0.478 e. The van der Waals surface area contributed by atoms with Crippen molar-refractivity contribution in [1.29, 1.82) is 5.26 Å². The summed E-state index contributed by atoms with van der Waals surface area (Å²) in [5.41, 5.74) is 1.94. The Morgan fingerprint density at radius 2 is 1.89 bits per heavy atom. The van der Waals surface area contributed by atoms with Crippen LogP contribution in [0.15, 0.2) is 42.5 Å². The van der Waals surface area contributed by atoms with Crippen molar-refractivity contribution in [1.82, 2.24) is 0 Å². The van der Waals surface area contributed by atoms with Gasteiger partial charge in [0.05, 0.1) is 16.8 Å². The molecule has 0 atom stereocenters. The summed E-state index contributed by atoms with van der Waals surface area (Å²) in [5.74, 6) is -0.980. The van der Waals surface area contributed by atoms with E-state index in [2.05, 4.69) is 11.4 Å². The zero-order valence-electron chi connectivity index (χ0n) is 9.72. The summed E-state index contributed by atoms with van der Waals surface area (Å²) in [5, 5.41) is 21.3. The molecule has 19 heavy (non-hydrogen) atoms. The molecule has 4 nitrogen and oxygen atoms in total. The van der Waals surface area contributed by atoms with Gasteiger partial charge in [0.2, 0.25) is 0 Å². The number of halogens is 1. The lowest BCUT2D eigenvalue weighted by atomic mass is 10.1. The number of hydrogen-bond donors (Lipinski definition) is 2. The molecule has 0 spiro atoms. The van der Waals surface area contributed by atoms with Gasteiger partial charge < -0.3 is 10.4 Å². The quantitative estimate of drug-likeness (QED) is 0.894. The lowest BCUT2D eigenvalue weighted by Gasteiger charge is -2.08. The van der Waals surface area contributed by atoms with Gasteiger partial charge in [-0.25, -0.2) is 4.79 Å². The van der Waals surface area contributed by atoms with Crippen LogP contribution in [0.25, 0.3) is 0 Å². The largest absolute Gasteiger partial charge is 0.478 e. The van der Waals surface area contributed by atoms with Crippen LogP contribution in [0.4, 0.5) is 11.4 Å². The molecule has 94 valence electrons. The van der Waals surface area contributed by atoms with Gasteiger partial charge in [-0.2, -0.15) is 5.26 Å². The average molecular weight is 273 g/mol. The Bertz CT molecular complexity index is 660. The summed E-state index contributed by atoms with van der Waals surface area (Å²) in [6.07, 6.45) is 0. The van der Waals surface area contributed by atoms with E-state index in [4.69, 9.17) is 22.0 Å². The third kappa shape index (κ3) is 3.03. The van der Waals surface area contributed by atoms with Gasteiger partial charge in [-0.05, 0) is 42.5 Å². The molecule has 0 aliphatic carbocycles. The molecule has 0 heterocycles. The van der Waals surface area contributed by atoms with Gasteiger partial charge in [0, 0.05) is 10.7 Å². The molecule has 2 rings (SSSR count). The van der Waals surface area contributed by atoms with Crippen molar-refractivity contribution in [3.8, 4) is 6.07 Å². The number of anilines is 2. The average Bonchev–Trinajstić information content (AvgIpc) is 2.39. The SMILES string of the molecule is N#Cc1ccc(Cl)cc1Nc1ccc(C(=O)O)cc1. The van der Waals surface area contributed by atoms with Crippen LogP contribution in [0, 0.1) is 11.3 Å². The Morgan fingerprint density at radius 1 is 1.21 bits per heavy atom. The number of carboxylic acids is 1. The standard InChI is InChI=1S/C14H9ClN2O2/c15-11-4-1-10(8-16)13(7-11)17-12-5-2-9(3-6-12)14(18)19/h1-7,17H,(H,18,19). The third-order valence-electron chi connectivity index (χ3n) is 2.51. The topological polar surface area (TPSA) is 73.1 Å². The molecule has 2 aromatic carbocycles. The molecule has 0 aliphatic rings. The maximum atomic E-state index is 10.7. The highest BCUT2D eigenvalue weighted by Crippen LogP contribution is 2.24. The van der Waals surface area contributed by atoms with Crippen molar-refractivity contribution >= 4 is 28.9 Å². The van der Waals surface area contributed by atoms with Crippen molar-refractivity contribution in [2.45, 2.75) is 0 Å². The highest BCUT2D eigenvalue weighted by molar-refractivity contribution is 6.30. The first-order chi connectivity index (χ1) is 9.10. The fourth-order valence-electron chi connectivity index (χ4n) is 1.57. The van der Waals surface area contributed by atoms with Crippen LogP contribution in [-0.2, 0) is 0 Å². The summed E-state index contributed by atoms with van der Waals surface area (Å²) in [6, 6.07) is 13.2. The van der Waals surface area contributed by atoms with E-state index in [1.807, 2.05) is 0 Å². The Balaban J connectivity index is 2.28. The van der Waals surface area contributed by atoms with Crippen molar-refractivity contribution in [3.63, 3.8) is 0 Å². The third-order valence-corrected chi connectivity index (χ3v) is 2.75. The van der Waals surface area contributed by atoms with Gasteiger partial charge in [-0.15, -0.1) is 0 Å². The Morgan fingerprint density at radius 3 is 2.47 bits per heavy atom. The first-order valence-corrected chi connectivity index (χ1v) is 5.78. The molecule has 0 bridgehead atoms. The van der Waals surface area contributed by atoms with Gasteiger partial charge in [-0.3, -0.25) is 0 Å². The smallest absolute Gasteiger partial charge is 0.335 e. The fraction of sp³-hybridized carbons (Fsp3) is 0. The van der Waals surface area contributed by atoms with Gasteiger partial charge in [-0.1, -0.05) is 11.6 Å². The normalized spacial score (nSPS) is 9.68. The summed E-state index contributed by atoms with van der Waals surface area (Å²) >= 11 is 5.88. The minimum atomic E-state index is -0.980. The molecule has 2 N–H and O–H groups in total. The van der Waals surface area contributed by atoms with Gasteiger partial charge in [0.15, 0.2) is 0 Å². The van der Waals surface area contributed by atoms with E-state index in [-0.39, 0.29) is 5.56 Å². The van der Waals surface area contributed by atoms with Gasteiger partial charge in [0.1, 0.15) is 6.07 Å². The second-order valence-corrected chi connectivity index (χ2v) is 4.25. The van der Waals surface area contributed by atoms with Crippen molar-refractivity contribution in [2.75, 3.05) is 5.32 Å².